The third-order valence-corrected chi connectivity index (χ3v) is 4.93. The lowest BCUT2D eigenvalue weighted by Crippen LogP contribution is -2.53. The van der Waals surface area contributed by atoms with Crippen LogP contribution in [0.15, 0.2) is 36.8 Å². The first kappa shape index (κ1) is 17.4. The number of hydrogen-bond donors (Lipinski definition) is 3. The molecule has 27 heavy (non-hydrogen) atoms. The molecule has 0 unspecified atom stereocenters. The fourth-order valence-corrected chi connectivity index (χ4v) is 3.27. The summed E-state index contributed by atoms with van der Waals surface area (Å²) in [6, 6.07) is 5.90. The van der Waals surface area contributed by atoms with Gasteiger partial charge < -0.3 is 15.3 Å². The maximum absolute atomic E-state index is 10.4. The molecule has 1 fully saturated rings. The van der Waals surface area contributed by atoms with Gasteiger partial charge in [0, 0.05) is 49.2 Å². The van der Waals surface area contributed by atoms with Crippen LogP contribution in [0.5, 0.6) is 5.75 Å². The van der Waals surface area contributed by atoms with E-state index in [1.165, 1.54) is 0 Å². The lowest BCUT2D eigenvalue weighted by Gasteiger charge is -2.36. The summed E-state index contributed by atoms with van der Waals surface area (Å²) in [5, 5.41) is 29.2. The molecular formula is C19H23N7O. The standard InChI is InChI=1S/C19H23N7O/c1-12(2)16-11-26(6-5-20-16)18-4-3-15(24-25-18)19-17(27)7-13(8-21-19)14-9-22-23-10-14/h3-4,7-10,12,16,20,27H,5-6,11H2,1-2H3,(H,22,23)/t16-/m1/s1. The molecule has 1 atom stereocenters. The largest absolute Gasteiger partial charge is 0.506 e. The van der Waals surface area contributed by atoms with E-state index in [0.29, 0.717) is 23.3 Å². The van der Waals surface area contributed by atoms with Crippen molar-refractivity contribution in [3.63, 3.8) is 0 Å². The van der Waals surface area contributed by atoms with Gasteiger partial charge in [0.25, 0.3) is 0 Å². The molecule has 3 aromatic rings. The van der Waals surface area contributed by atoms with E-state index < -0.39 is 0 Å². The highest BCUT2D eigenvalue weighted by molar-refractivity contribution is 5.69. The molecule has 1 saturated heterocycles. The third kappa shape index (κ3) is 3.61. The van der Waals surface area contributed by atoms with Crippen LogP contribution in [-0.2, 0) is 0 Å². The minimum Gasteiger partial charge on any atom is -0.506 e. The van der Waals surface area contributed by atoms with Gasteiger partial charge in [-0.1, -0.05) is 13.8 Å². The first-order valence-electron chi connectivity index (χ1n) is 9.12. The van der Waals surface area contributed by atoms with Crippen LogP contribution >= 0.6 is 0 Å². The smallest absolute Gasteiger partial charge is 0.151 e. The summed E-state index contributed by atoms with van der Waals surface area (Å²) in [7, 11) is 0. The lowest BCUT2D eigenvalue weighted by molar-refractivity contribution is 0.367. The SMILES string of the molecule is CC(C)[C@H]1CN(c2ccc(-c3ncc(-c4cn[nH]c4)cc3O)nn2)CCN1. The Morgan fingerprint density at radius 2 is 2.07 bits per heavy atom. The Morgan fingerprint density at radius 3 is 2.74 bits per heavy atom. The van der Waals surface area contributed by atoms with E-state index in [-0.39, 0.29) is 5.75 Å². The molecule has 1 aliphatic rings. The molecule has 0 spiro atoms. The van der Waals surface area contributed by atoms with Gasteiger partial charge >= 0.3 is 0 Å². The van der Waals surface area contributed by atoms with Crippen molar-refractivity contribution < 1.29 is 5.11 Å². The van der Waals surface area contributed by atoms with Crippen molar-refractivity contribution in [2.24, 2.45) is 5.92 Å². The topological polar surface area (TPSA) is 103 Å². The molecule has 0 radical (unpaired) electrons. The quantitative estimate of drug-likeness (QED) is 0.650. The number of rotatable bonds is 4. The van der Waals surface area contributed by atoms with Gasteiger partial charge in [0.05, 0.1) is 6.20 Å². The minimum absolute atomic E-state index is 0.0674. The fourth-order valence-electron chi connectivity index (χ4n) is 3.27. The Morgan fingerprint density at radius 1 is 1.19 bits per heavy atom. The van der Waals surface area contributed by atoms with Gasteiger partial charge in [-0.25, -0.2) is 4.98 Å². The maximum Gasteiger partial charge on any atom is 0.151 e. The number of nitrogens with zero attached hydrogens (tertiary/aromatic N) is 5. The van der Waals surface area contributed by atoms with Gasteiger partial charge in [-0.05, 0) is 24.1 Å². The molecule has 4 heterocycles. The number of hydrogen-bond acceptors (Lipinski definition) is 7. The van der Waals surface area contributed by atoms with Crippen LogP contribution in [0.4, 0.5) is 5.82 Å². The van der Waals surface area contributed by atoms with Gasteiger partial charge in [0.1, 0.15) is 17.1 Å². The number of pyridine rings is 1. The van der Waals surface area contributed by atoms with Gasteiger partial charge in [-0.2, -0.15) is 5.10 Å². The van der Waals surface area contributed by atoms with Crippen molar-refractivity contribution >= 4 is 5.82 Å². The first-order chi connectivity index (χ1) is 13.1. The molecule has 8 nitrogen and oxygen atoms in total. The molecule has 4 rings (SSSR count). The summed E-state index contributed by atoms with van der Waals surface area (Å²) in [5.41, 5.74) is 2.62. The predicted octanol–water partition coefficient (Wildman–Crippen LogP) is 2.07. The van der Waals surface area contributed by atoms with E-state index in [1.54, 1.807) is 24.7 Å². The number of aromatic hydroxyl groups is 1. The van der Waals surface area contributed by atoms with Crippen LogP contribution in [0.2, 0.25) is 0 Å². The summed E-state index contributed by atoms with van der Waals surface area (Å²) in [6.45, 7) is 7.19. The number of nitrogens with one attached hydrogen (secondary N) is 2. The molecule has 0 saturated carbocycles. The molecule has 0 bridgehead atoms. The normalized spacial score (nSPS) is 17.4. The zero-order chi connectivity index (χ0) is 18.8. The fraction of sp³-hybridized carbons (Fsp3) is 0.368. The Bertz CT molecular complexity index is 893. The highest BCUT2D eigenvalue weighted by Gasteiger charge is 2.23. The van der Waals surface area contributed by atoms with Crippen LogP contribution in [0.1, 0.15) is 13.8 Å². The zero-order valence-corrected chi connectivity index (χ0v) is 15.4. The molecular weight excluding hydrogens is 342 g/mol. The van der Waals surface area contributed by atoms with E-state index in [9.17, 15) is 5.11 Å². The molecule has 0 amide bonds. The number of anilines is 1. The number of aromatic amines is 1. The first-order valence-corrected chi connectivity index (χ1v) is 9.12. The second-order valence-electron chi connectivity index (χ2n) is 7.11. The summed E-state index contributed by atoms with van der Waals surface area (Å²) >= 11 is 0. The Labute approximate surface area is 157 Å². The van der Waals surface area contributed by atoms with Crippen LogP contribution < -0.4 is 10.2 Å². The van der Waals surface area contributed by atoms with Crippen LogP contribution in [0.3, 0.4) is 0 Å². The number of piperazine rings is 1. The van der Waals surface area contributed by atoms with E-state index in [1.807, 2.05) is 12.1 Å². The molecule has 3 N–H and O–H groups in total. The minimum atomic E-state index is 0.0674. The average Bonchev–Trinajstić information content (AvgIpc) is 3.23. The predicted molar refractivity (Wildman–Crippen MR) is 103 cm³/mol. The van der Waals surface area contributed by atoms with Crippen LogP contribution in [0.25, 0.3) is 22.5 Å². The van der Waals surface area contributed by atoms with E-state index in [4.69, 9.17) is 0 Å². The highest BCUT2D eigenvalue weighted by Crippen LogP contribution is 2.30. The Hall–Kier alpha value is -3.00. The summed E-state index contributed by atoms with van der Waals surface area (Å²) in [4.78, 5) is 6.61. The van der Waals surface area contributed by atoms with Gasteiger partial charge in [0.2, 0.25) is 0 Å². The molecule has 3 aromatic heterocycles. The van der Waals surface area contributed by atoms with Crippen LogP contribution in [-0.4, -0.2) is 56.2 Å². The Balaban J connectivity index is 1.54. The summed E-state index contributed by atoms with van der Waals surface area (Å²) in [5.74, 6) is 1.48. The monoisotopic (exact) mass is 365 g/mol. The van der Waals surface area contributed by atoms with Crippen molar-refractivity contribution in [1.29, 1.82) is 0 Å². The molecule has 8 heteroatoms. The lowest BCUT2D eigenvalue weighted by atomic mass is 10.0. The van der Waals surface area contributed by atoms with Crippen molar-refractivity contribution in [2.45, 2.75) is 19.9 Å². The maximum atomic E-state index is 10.4. The summed E-state index contributed by atoms with van der Waals surface area (Å²) < 4.78 is 0. The van der Waals surface area contributed by atoms with Gasteiger partial charge in [0.15, 0.2) is 5.82 Å². The van der Waals surface area contributed by atoms with E-state index in [0.717, 1.165) is 36.6 Å². The third-order valence-electron chi connectivity index (χ3n) is 4.93. The second-order valence-corrected chi connectivity index (χ2v) is 7.11. The summed E-state index contributed by atoms with van der Waals surface area (Å²) in [6.07, 6.45) is 5.13. The van der Waals surface area contributed by atoms with Crippen molar-refractivity contribution in [3.05, 3.63) is 36.8 Å². The van der Waals surface area contributed by atoms with E-state index >= 15 is 0 Å². The zero-order valence-electron chi connectivity index (χ0n) is 15.4. The number of aromatic nitrogens is 5. The average molecular weight is 365 g/mol. The molecule has 0 aromatic carbocycles. The van der Waals surface area contributed by atoms with Gasteiger partial charge in [-0.3, -0.25) is 5.10 Å². The molecule has 140 valence electrons. The second kappa shape index (κ2) is 7.32. The van der Waals surface area contributed by atoms with Crippen molar-refractivity contribution in [3.8, 4) is 28.3 Å². The van der Waals surface area contributed by atoms with Crippen molar-refractivity contribution in [2.75, 3.05) is 24.5 Å². The Kier molecular flexibility index (Phi) is 4.72. The molecule has 1 aliphatic heterocycles. The van der Waals surface area contributed by atoms with E-state index in [2.05, 4.69) is 49.4 Å². The van der Waals surface area contributed by atoms with Gasteiger partial charge in [-0.15, -0.1) is 10.2 Å². The molecule has 0 aliphatic carbocycles. The van der Waals surface area contributed by atoms with Crippen molar-refractivity contribution in [1.82, 2.24) is 30.7 Å². The number of H-pyrrole nitrogens is 1. The highest BCUT2D eigenvalue weighted by atomic mass is 16.3. The van der Waals surface area contributed by atoms with Crippen LogP contribution in [0, 0.1) is 5.92 Å².